The number of halogens is 4. The molecule has 2 aliphatic heterocycles. The molecule has 0 N–H and O–H groups in total. The van der Waals surface area contributed by atoms with Crippen molar-refractivity contribution in [3.05, 3.63) is 58.8 Å². The maximum atomic E-state index is 13.3. The van der Waals surface area contributed by atoms with Crippen molar-refractivity contribution in [3.8, 4) is 11.5 Å². The smallest absolute Gasteiger partial charge is 0.377 e. The molecule has 8 nitrogen and oxygen atoms in total. The topological polar surface area (TPSA) is 86.0 Å². The lowest BCUT2D eigenvalue weighted by Crippen LogP contribution is -2.56. The summed E-state index contributed by atoms with van der Waals surface area (Å²) in [5.41, 5.74) is -0.733. The number of hydrogen-bond donors (Lipinski definition) is 0. The molecule has 0 saturated carbocycles. The molecule has 1 amide bonds. The predicted octanol–water partition coefficient (Wildman–Crippen LogP) is 3.00. The zero-order valence-corrected chi connectivity index (χ0v) is 16.5. The average molecular weight is 451 g/mol. The molecule has 2 aromatic heterocycles. The van der Waals surface area contributed by atoms with Gasteiger partial charge in [-0.3, -0.25) is 9.78 Å². The van der Waals surface area contributed by atoms with E-state index in [9.17, 15) is 18.0 Å². The van der Waals surface area contributed by atoms with E-state index in [1.54, 1.807) is 12.4 Å². The van der Waals surface area contributed by atoms with Gasteiger partial charge in [0.05, 0.1) is 41.6 Å². The Hall–Kier alpha value is -3.05. The molecule has 2 atom stereocenters. The van der Waals surface area contributed by atoms with Gasteiger partial charge >= 0.3 is 6.18 Å². The lowest BCUT2D eigenvalue weighted by molar-refractivity contribution is -0.137. The van der Waals surface area contributed by atoms with Gasteiger partial charge in [0.15, 0.2) is 11.6 Å². The van der Waals surface area contributed by atoms with E-state index in [4.69, 9.17) is 16.3 Å². The van der Waals surface area contributed by atoms with Gasteiger partial charge in [0.2, 0.25) is 0 Å². The molecule has 5 rings (SSSR count). The Morgan fingerprint density at radius 1 is 1.19 bits per heavy atom. The Morgan fingerprint density at radius 2 is 2.03 bits per heavy atom. The highest BCUT2D eigenvalue weighted by Gasteiger charge is 2.45. The summed E-state index contributed by atoms with van der Waals surface area (Å²) < 4.78 is 47.3. The van der Waals surface area contributed by atoms with Gasteiger partial charge in [-0.2, -0.15) is 13.2 Å². The van der Waals surface area contributed by atoms with Gasteiger partial charge in [0.1, 0.15) is 11.7 Å². The first kappa shape index (κ1) is 19.9. The number of carbonyl (C=O) groups is 1. The Morgan fingerprint density at radius 3 is 2.77 bits per heavy atom. The van der Waals surface area contributed by atoms with Crippen LogP contribution in [0.1, 0.15) is 27.8 Å². The number of alkyl halides is 3. The maximum absolute atomic E-state index is 13.3. The van der Waals surface area contributed by atoms with Crippen molar-refractivity contribution < 1.29 is 22.7 Å². The third-order valence-electron chi connectivity index (χ3n) is 5.35. The molecule has 4 heterocycles. The van der Waals surface area contributed by atoms with Crippen LogP contribution in [0.3, 0.4) is 0 Å². The SMILES string of the molecule is O=C(c1cccc(C(F)(F)F)c1Cl)N1[C@H]2COC[C@@H]1c1nnc(-c3cnccn3)n1C2. The first-order chi connectivity index (χ1) is 14.9. The summed E-state index contributed by atoms with van der Waals surface area (Å²) in [4.78, 5) is 23.1. The van der Waals surface area contributed by atoms with Crippen LogP contribution in [0.2, 0.25) is 5.02 Å². The van der Waals surface area contributed by atoms with Crippen molar-refractivity contribution in [1.29, 1.82) is 0 Å². The molecule has 3 aromatic rings. The standard InChI is InChI=1S/C19H14ClF3N6O2/c20-15-11(2-1-3-12(15)19(21,22)23)18(30)29-10-7-28-16(13-6-24-4-5-25-13)26-27-17(28)14(29)9-31-8-10/h1-6,10,14H,7-9H2/t10-,14-/m1/s1. The average Bonchev–Trinajstić information content (AvgIpc) is 3.16. The van der Waals surface area contributed by atoms with Crippen LogP contribution in [0.25, 0.3) is 11.5 Å². The van der Waals surface area contributed by atoms with Crippen molar-refractivity contribution >= 4 is 17.5 Å². The molecule has 31 heavy (non-hydrogen) atoms. The number of carbonyl (C=O) groups excluding carboxylic acids is 1. The monoisotopic (exact) mass is 450 g/mol. The van der Waals surface area contributed by atoms with Gasteiger partial charge in [0, 0.05) is 18.9 Å². The molecule has 0 aliphatic carbocycles. The fourth-order valence-corrected chi connectivity index (χ4v) is 4.30. The molecule has 2 bridgehead atoms. The van der Waals surface area contributed by atoms with Crippen molar-refractivity contribution in [3.63, 3.8) is 0 Å². The molecule has 1 fully saturated rings. The Kier molecular flexibility index (Phi) is 4.67. The van der Waals surface area contributed by atoms with Crippen LogP contribution in [0, 0.1) is 0 Å². The summed E-state index contributed by atoms with van der Waals surface area (Å²) in [5, 5.41) is 7.80. The second-order valence-corrected chi connectivity index (χ2v) is 7.55. The quantitative estimate of drug-likeness (QED) is 0.596. The highest BCUT2D eigenvalue weighted by Crippen LogP contribution is 2.39. The molecule has 0 spiro atoms. The van der Waals surface area contributed by atoms with Crippen LogP contribution in [0.15, 0.2) is 36.8 Å². The Balaban J connectivity index is 1.55. The van der Waals surface area contributed by atoms with Crippen molar-refractivity contribution in [2.75, 3.05) is 13.2 Å². The van der Waals surface area contributed by atoms with Crippen LogP contribution in [0.5, 0.6) is 0 Å². The highest BCUT2D eigenvalue weighted by molar-refractivity contribution is 6.34. The fraction of sp³-hybridized carbons (Fsp3) is 0.316. The van der Waals surface area contributed by atoms with E-state index in [1.807, 2.05) is 4.57 Å². The van der Waals surface area contributed by atoms with Crippen molar-refractivity contribution in [2.45, 2.75) is 24.8 Å². The summed E-state index contributed by atoms with van der Waals surface area (Å²) in [7, 11) is 0. The fourth-order valence-electron chi connectivity index (χ4n) is 3.99. The zero-order valence-electron chi connectivity index (χ0n) is 15.8. The molecule has 2 aliphatic rings. The number of rotatable bonds is 2. The summed E-state index contributed by atoms with van der Waals surface area (Å²) in [5.74, 6) is 0.363. The van der Waals surface area contributed by atoms with E-state index >= 15 is 0 Å². The molecular weight excluding hydrogens is 437 g/mol. The molecule has 1 aromatic carbocycles. The van der Waals surface area contributed by atoms with Crippen molar-refractivity contribution in [2.24, 2.45) is 0 Å². The number of ether oxygens (including phenoxy) is 1. The van der Waals surface area contributed by atoms with Crippen LogP contribution in [0.4, 0.5) is 13.2 Å². The summed E-state index contributed by atoms with van der Waals surface area (Å²) in [6.07, 6.45) is -0.0302. The third kappa shape index (κ3) is 3.24. The minimum Gasteiger partial charge on any atom is -0.377 e. The maximum Gasteiger partial charge on any atom is 0.417 e. The minimum atomic E-state index is -4.67. The van der Waals surface area contributed by atoms with Gasteiger partial charge < -0.3 is 14.2 Å². The number of fused-ring (bicyclic) bond motifs is 4. The largest absolute Gasteiger partial charge is 0.417 e. The summed E-state index contributed by atoms with van der Waals surface area (Å²) in [6, 6.07) is 2.26. The van der Waals surface area contributed by atoms with Crippen LogP contribution < -0.4 is 0 Å². The van der Waals surface area contributed by atoms with Crippen LogP contribution >= 0.6 is 11.6 Å². The van der Waals surface area contributed by atoms with Crippen LogP contribution in [-0.2, 0) is 17.5 Å². The Labute approximate surface area is 178 Å². The number of morpholine rings is 1. The van der Waals surface area contributed by atoms with Gasteiger partial charge in [-0.1, -0.05) is 17.7 Å². The lowest BCUT2D eigenvalue weighted by Gasteiger charge is -2.45. The first-order valence-corrected chi connectivity index (χ1v) is 9.69. The van der Waals surface area contributed by atoms with Gasteiger partial charge in [-0.15, -0.1) is 10.2 Å². The van der Waals surface area contributed by atoms with E-state index in [0.29, 0.717) is 23.9 Å². The molecule has 160 valence electrons. The molecule has 12 heteroatoms. The minimum absolute atomic E-state index is 0.136. The second kappa shape index (κ2) is 7.27. The van der Waals surface area contributed by atoms with Gasteiger partial charge in [-0.05, 0) is 12.1 Å². The number of hydrogen-bond acceptors (Lipinski definition) is 6. The van der Waals surface area contributed by atoms with Crippen LogP contribution in [-0.4, -0.2) is 54.8 Å². The van der Waals surface area contributed by atoms with Gasteiger partial charge in [-0.25, -0.2) is 4.98 Å². The van der Waals surface area contributed by atoms with Crippen molar-refractivity contribution in [1.82, 2.24) is 29.6 Å². The highest BCUT2D eigenvalue weighted by atomic mass is 35.5. The van der Waals surface area contributed by atoms with E-state index < -0.39 is 34.8 Å². The zero-order chi connectivity index (χ0) is 21.8. The van der Waals surface area contributed by atoms with E-state index in [1.165, 1.54) is 23.2 Å². The van der Waals surface area contributed by atoms with E-state index in [-0.39, 0.29) is 18.8 Å². The first-order valence-electron chi connectivity index (χ1n) is 9.32. The van der Waals surface area contributed by atoms with E-state index in [0.717, 1.165) is 6.07 Å². The number of nitrogens with zero attached hydrogens (tertiary/aromatic N) is 6. The Bertz CT molecular complexity index is 1150. The summed E-state index contributed by atoms with van der Waals surface area (Å²) in [6.45, 7) is 0.654. The van der Waals surface area contributed by atoms with Gasteiger partial charge in [0.25, 0.3) is 5.91 Å². The number of amides is 1. The number of benzene rings is 1. The molecular formula is C19H14ClF3N6O2. The lowest BCUT2D eigenvalue weighted by atomic mass is 10.0. The summed E-state index contributed by atoms with van der Waals surface area (Å²) >= 11 is 6.00. The predicted molar refractivity (Wildman–Crippen MR) is 101 cm³/mol. The number of aromatic nitrogens is 5. The molecule has 1 saturated heterocycles. The molecule has 0 unspecified atom stereocenters. The van der Waals surface area contributed by atoms with E-state index in [2.05, 4.69) is 20.2 Å². The second-order valence-electron chi connectivity index (χ2n) is 7.17. The normalized spacial score (nSPS) is 20.5. The molecule has 0 radical (unpaired) electrons. The third-order valence-corrected chi connectivity index (χ3v) is 5.75.